The van der Waals surface area contributed by atoms with Crippen molar-refractivity contribution in [2.75, 3.05) is 6.61 Å². The van der Waals surface area contributed by atoms with E-state index in [-0.39, 0.29) is 6.42 Å². The van der Waals surface area contributed by atoms with Crippen LogP contribution in [-0.4, -0.2) is 17.7 Å². The number of carboxylic acids is 1. The van der Waals surface area contributed by atoms with E-state index in [1.807, 2.05) is 12.1 Å². The summed E-state index contributed by atoms with van der Waals surface area (Å²) in [6.45, 7) is 0.676. The summed E-state index contributed by atoms with van der Waals surface area (Å²) in [4.78, 5) is 10.6. The van der Waals surface area contributed by atoms with Gasteiger partial charge in [-0.2, -0.15) is 0 Å². The Morgan fingerprint density at radius 3 is 2.60 bits per heavy atom. The lowest BCUT2D eigenvalue weighted by atomic mass is 9.78. The maximum absolute atomic E-state index is 10.6. The molecule has 0 aromatic heterocycles. The average molecular weight is 268 g/mol. The summed E-state index contributed by atoms with van der Waals surface area (Å²) in [7, 11) is 0. The van der Waals surface area contributed by atoms with Crippen molar-refractivity contribution in [3.63, 3.8) is 0 Å². The number of carboxylic acid groups (broad SMARTS) is 1. The van der Waals surface area contributed by atoms with E-state index in [2.05, 4.69) is 24.3 Å². The Labute approximate surface area is 117 Å². The highest BCUT2D eigenvalue weighted by atomic mass is 16.5. The predicted molar refractivity (Wildman–Crippen MR) is 76.2 cm³/mol. The largest absolute Gasteiger partial charge is 0.493 e. The lowest BCUT2D eigenvalue weighted by molar-refractivity contribution is -0.136. The molecule has 2 aromatic rings. The van der Waals surface area contributed by atoms with Gasteiger partial charge in [0.15, 0.2) is 0 Å². The summed E-state index contributed by atoms with van der Waals surface area (Å²) >= 11 is 0. The Kier molecular flexibility index (Phi) is 3.42. The van der Waals surface area contributed by atoms with Crippen LogP contribution in [0, 0.1) is 0 Å². The molecule has 0 bridgehead atoms. The molecule has 3 heteroatoms. The molecule has 0 fully saturated rings. The maximum Gasteiger partial charge on any atom is 0.307 e. The van der Waals surface area contributed by atoms with Gasteiger partial charge in [-0.1, -0.05) is 36.4 Å². The molecule has 3 rings (SSSR count). The fourth-order valence-electron chi connectivity index (χ4n) is 2.59. The van der Waals surface area contributed by atoms with Crippen molar-refractivity contribution in [1.29, 1.82) is 0 Å². The molecule has 0 spiro atoms. The van der Waals surface area contributed by atoms with E-state index in [0.29, 0.717) is 12.5 Å². The molecule has 0 saturated heterocycles. The Hall–Kier alpha value is -2.29. The van der Waals surface area contributed by atoms with E-state index < -0.39 is 5.97 Å². The standard InChI is InChI=1S/C17H16O3/c18-17(19)9-12-5-7-15(8-6-12)20-11-14-10-13-3-1-2-4-16(13)14/h1-8,14H,9-11H2,(H,18,19). The second-order valence-electron chi connectivity index (χ2n) is 5.13. The molecule has 0 heterocycles. The first-order valence-electron chi connectivity index (χ1n) is 6.74. The van der Waals surface area contributed by atoms with Crippen LogP contribution in [-0.2, 0) is 17.6 Å². The summed E-state index contributed by atoms with van der Waals surface area (Å²) in [6, 6.07) is 15.7. The van der Waals surface area contributed by atoms with Gasteiger partial charge >= 0.3 is 5.97 Å². The van der Waals surface area contributed by atoms with Crippen molar-refractivity contribution in [1.82, 2.24) is 0 Å². The molecule has 20 heavy (non-hydrogen) atoms. The van der Waals surface area contributed by atoms with E-state index in [9.17, 15) is 4.79 Å². The van der Waals surface area contributed by atoms with Gasteiger partial charge in [-0.05, 0) is 35.2 Å². The van der Waals surface area contributed by atoms with Gasteiger partial charge in [0.1, 0.15) is 5.75 Å². The van der Waals surface area contributed by atoms with Crippen LogP contribution in [0.15, 0.2) is 48.5 Å². The van der Waals surface area contributed by atoms with Crippen LogP contribution in [0.5, 0.6) is 5.75 Å². The van der Waals surface area contributed by atoms with E-state index in [1.165, 1.54) is 11.1 Å². The first-order valence-corrected chi connectivity index (χ1v) is 6.74. The highest BCUT2D eigenvalue weighted by molar-refractivity contribution is 5.70. The van der Waals surface area contributed by atoms with Crippen LogP contribution < -0.4 is 4.74 Å². The molecule has 0 saturated carbocycles. The lowest BCUT2D eigenvalue weighted by Gasteiger charge is -2.29. The van der Waals surface area contributed by atoms with Gasteiger partial charge in [0.25, 0.3) is 0 Å². The average Bonchev–Trinajstić information content (AvgIpc) is 2.41. The molecule has 0 aliphatic heterocycles. The van der Waals surface area contributed by atoms with Gasteiger partial charge in [-0.15, -0.1) is 0 Å². The van der Waals surface area contributed by atoms with Crippen LogP contribution in [0.2, 0.25) is 0 Å². The number of benzene rings is 2. The number of hydrogen-bond acceptors (Lipinski definition) is 2. The third-order valence-electron chi connectivity index (χ3n) is 3.69. The minimum Gasteiger partial charge on any atom is -0.493 e. The molecule has 1 aliphatic carbocycles. The fraction of sp³-hybridized carbons (Fsp3) is 0.235. The quantitative estimate of drug-likeness (QED) is 0.906. The van der Waals surface area contributed by atoms with Crippen molar-refractivity contribution >= 4 is 5.97 Å². The van der Waals surface area contributed by atoms with Crippen molar-refractivity contribution in [3.05, 3.63) is 65.2 Å². The second kappa shape index (κ2) is 5.37. The van der Waals surface area contributed by atoms with Crippen LogP contribution in [0.25, 0.3) is 0 Å². The number of ether oxygens (including phenoxy) is 1. The SMILES string of the molecule is O=C(O)Cc1ccc(OCC2Cc3ccccc32)cc1. The summed E-state index contributed by atoms with van der Waals surface area (Å²) in [6.07, 6.45) is 1.13. The smallest absolute Gasteiger partial charge is 0.307 e. The maximum atomic E-state index is 10.6. The minimum absolute atomic E-state index is 0.0519. The summed E-state index contributed by atoms with van der Waals surface area (Å²) in [5.74, 6) is 0.457. The summed E-state index contributed by atoms with van der Waals surface area (Å²) in [5, 5.41) is 8.71. The zero-order valence-corrected chi connectivity index (χ0v) is 11.1. The first kappa shape index (κ1) is 12.7. The van der Waals surface area contributed by atoms with Crippen molar-refractivity contribution in [3.8, 4) is 5.75 Å². The number of rotatable bonds is 5. The van der Waals surface area contributed by atoms with Crippen molar-refractivity contribution in [2.24, 2.45) is 0 Å². The van der Waals surface area contributed by atoms with Gasteiger partial charge in [-0.3, -0.25) is 4.79 Å². The van der Waals surface area contributed by atoms with Crippen molar-refractivity contribution < 1.29 is 14.6 Å². The highest BCUT2D eigenvalue weighted by Gasteiger charge is 2.25. The Morgan fingerprint density at radius 1 is 1.15 bits per heavy atom. The third-order valence-corrected chi connectivity index (χ3v) is 3.69. The molecule has 0 radical (unpaired) electrons. The van der Waals surface area contributed by atoms with Crippen LogP contribution in [0.4, 0.5) is 0 Å². The molecular formula is C17H16O3. The molecule has 1 aliphatic rings. The van der Waals surface area contributed by atoms with Crippen LogP contribution in [0.3, 0.4) is 0 Å². The fourth-order valence-corrected chi connectivity index (χ4v) is 2.59. The zero-order valence-electron chi connectivity index (χ0n) is 11.1. The number of fused-ring (bicyclic) bond motifs is 1. The predicted octanol–water partition coefficient (Wildman–Crippen LogP) is 3.03. The Morgan fingerprint density at radius 2 is 1.90 bits per heavy atom. The van der Waals surface area contributed by atoms with Gasteiger partial charge in [-0.25, -0.2) is 0 Å². The minimum atomic E-state index is -0.815. The topological polar surface area (TPSA) is 46.5 Å². The molecule has 1 N–H and O–H groups in total. The Bertz CT molecular complexity index is 616. The summed E-state index contributed by atoms with van der Waals surface area (Å²) < 4.78 is 5.78. The third kappa shape index (κ3) is 2.67. The van der Waals surface area contributed by atoms with Crippen molar-refractivity contribution in [2.45, 2.75) is 18.8 Å². The molecule has 102 valence electrons. The molecule has 1 unspecified atom stereocenters. The van der Waals surface area contributed by atoms with E-state index in [4.69, 9.17) is 9.84 Å². The Balaban J connectivity index is 1.56. The highest BCUT2D eigenvalue weighted by Crippen LogP contribution is 2.35. The van der Waals surface area contributed by atoms with Gasteiger partial charge in [0.05, 0.1) is 13.0 Å². The van der Waals surface area contributed by atoms with Gasteiger partial charge in [0.2, 0.25) is 0 Å². The first-order chi connectivity index (χ1) is 9.72. The van der Waals surface area contributed by atoms with Gasteiger partial charge in [0, 0.05) is 5.92 Å². The molecular weight excluding hydrogens is 252 g/mol. The second-order valence-corrected chi connectivity index (χ2v) is 5.13. The normalized spacial score (nSPS) is 16.1. The van der Waals surface area contributed by atoms with Crippen LogP contribution >= 0.6 is 0 Å². The molecule has 2 aromatic carbocycles. The summed E-state index contributed by atoms with van der Waals surface area (Å²) in [5.41, 5.74) is 3.59. The molecule has 3 nitrogen and oxygen atoms in total. The number of carbonyl (C=O) groups is 1. The van der Waals surface area contributed by atoms with Crippen LogP contribution in [0.1, 0.15) is 22.6 Å². The molecule has 1 atom stereocenters. The van der Waals surface area contributed by atoms with E-state index in [1.54, 1.807) is 12.1 Å². The molecule has 0 amide bonds. The van der Waals surface area contributed by atoms with E-state index >= 15 is 0 Å². The van der Waals surface area contributed by atoms with E-state index in [0.717, 1.165) is 17.7 Å². The lowest BCUT2D eigenvalue weighted by Crippen LogP contribution is -2.23. The van der Waals surface area contributed by atoms with Gasteiger partial charge < -0.3 is 9.84 Å². The number of hydrogen-bond donors (Lipinski definition) is 1. The monoisotopic (exact) mass is 268 g/mol. The number of aliphatic carboxylic acids is 1. The zero-order chi connectivity index (χ0) is 13.9.